The molecule has 1 saturated heterocycles. The van der Waals surface area contributed by atoms with E-state index >= 15 is 0 Å². The molecule has 0 radical (unpaired) electrons. The minimum Gasteiger partial charge on any atom is -0.618 e. The summed E-state index contributed by atoms with van der Waals surface area (Å²) in [5, 5.41) is 23.8. The van der Waals surface area contributed by atoms with Gasteiger partial charge in [0.1, 0.15) is 5.54 Å². The second-order valence-corrected chi connectivity index (χ2v) is 5.13. The van der Waals surface area contributed by atoms with Gasteiger partial charge in [0.15, 0.2) is 0 Å². The largest absolute Gasteiger partial charge is 0.618 e. The summed E-state index contributed by atoms with van der Waals surface area (Å²) < 4.78 is 11.3. The third-order valence-corrected chi connectivity index (χ3v) is 3.55. The molecule has 2 heterocycles. The fourth-order valence-corrected chi connectivity index (χ4v) is 2.63. The second kappa shape index (κ2) is 4.01. The molecule has 0 aromatic heterocycles. The highest BCUT2D eigenvalue weighted by molar-refractivity contribution is 6.04. The summed E-state index contributed by atoms with van der Waals surface area (Å²) in [4.78, 5) is 0. The highest BCUT2D eigenvalue weighted by Gasteiger charge is 2.67. The standard InChI is InChI=1S/C13H16N2O4/c1-12(2)11(10-6-4-3-5-7-10)14(16)13(15(12)17)18-8-9-19-13/h3-7,17H,8-9H2,1-2H3. The molecule has 0 bridgehead atoms. The van der Waals surface area contributed by atoms with Crippen molar-refractivity contribution in [2.45, 2.75) is 25.4 Å². The number of hydrogen-bond acceptors (Lipinski definition) is 5. The van der Waals surface area contributed by atoms with Crippen LogP contribution in [0.3, 0.4) is 0 Å². The summed E-state index contributed by atoms with van der Waals surface area (Å²) in [5.41, 5.74) is 0.239. The number of nitrogens with zero attached hydrogens (tertiary/aromatic N) is 2. The van der Waals surface area contributed by atoms with Crippen LogP contribution in [0.2, 0.25) is 0 Å². The van der Waals surface area contributed by atoms with Crippen molar-refractivity contribution in [1.82, 2.24) is 5.06 Å². The Labute approximate surface area is 111 Å². The van der Waals surface area contributed by atoms with Gasteiger partial charge < -0.3 is 10.4 Å². The molecule has 3 rings (SSSR count). The molecule has 0 saturated carbocycles. The highest BCUT2D eigenvalue weighted by Crippen LogP contribution is 2.38. The van der Waals surface area contributed by atoms with Crippen LogP contribution in [0.4, 0.5) is 0 Å². The Morgan fingerprint density at radius 2 is 1.79 bits per heavy atom. The van der Waals surface area contributed by atoms with E-state index < -0.39 is 11.6 Å². The lowest BCUT2D eigenvalue weighted by molar-refractivity contribution is -0.706. The Hall–Kier alpha value is -1.47. The third kappa shape index (κ3) is 1.54. The van der Waals surface area contributed by atoms with Gasteiger partial charge in [-0.1, -0.05) is 23.3 Å². The average Bonchev–Trinajstić information content (AvgIpc) is 2.93. The number of hydroxylamine groups is 3. The predicted molar refractivity (Wildman–Crippen MR) is 66.5 cm³/mol. The smallest absolute Gasteiger partial charge is 0.492 e. The van der Waals surface area contributed by atoms with E-state index in [0.717, 1.165) is 10.6 Å². The van der Waals surface area contributed by atoms with Crippen molar-refractivity contribution in [3.63, 3.8) is 0 Å². The van der Waals surface area contributed by atoms with E-state index in [1.165, 1.54) is 0 Å². The van der Waals surface area contributed by atoms with Gasteiger partial charge in [0.2, 0.25) is 5.71 Å². The van der Waals surface area contributed by atoms with E-state index in [-0.39, 0.29) is 13.2 Å². The molecule has 1 N–H and O–H groups in total. The Kier molecular flexibility index (Phi) is 2.65. The fourth-order valence-electron chi connectivity index (χ4n) is 2.63. The Balaban J connectivity index is 2.18. The molecular formula is C13H16N2O4. The zero-order chi connectivity index (χ0) is 13.7. The topological polar surface area (TPSA) is 68.0 Å². The first-order valence-corrected chi connectivity index (χ1v) is 6.17. The summed E-state index contributed by atoms with van der Waals surface area (Å²) in [5.74, 6) is 0. The zero-order valence-electron chi connectivity index (χ0n) is 10.9. The van der Waals surface area contributed by atoms with Crippen LogP contribution in [0.5, 0.6) is 0 Å². The molecule has 6 heteroatoms. The van der Waals surface area contributed by atoms with E-state index in [2.05, 4.69) is 0 Å². The van der Waals surface area contributed by atoms with Gasteiger partial charge in [-0.25, -0.2) is 0 Å². The second-order valence-electron chi connectivity index (χ2n) is 5.13. The van der Waals surface area contributed by atoms with Crippen molar-refractivity contribution < 1.29 is 19.4 Å². The molecule has 1 aromatic rings. The maximum absolute atomic E-state index is 12.6. The highest BCUT2D eigenvalue weighted by atomic mass is 16.8. The Morgan fingerprint density at radius 1 is 1.21 bits per heavy atom. The molecule has 102 valence electrons. The summed E-state index contributed by atoms with van der Waals surface area (Å²) in [6.45, 7) is 4.04. The van der Waals surface area contributed by atoms with Crippen LogP contribution < -0.4 is 0 Å². The van der Waals surface area contributed by atoms with E-state index in [1.807, 2.05) is 30.3 Å². The Morgan fingerprint density at radius 3 is 2.37 bits per heavy atom. The number of ether oxygens (including phenoxy) is 2. The SMILES string of the molecule is CC1(C)C(c2ccccc2)=[N+]([O-])C2(OCCO2)N1O. The number of rotatable bonds is 1. The van der Waals surface area contributed by atoms with Crippen molar-refractivity contribution in [2.75, 3.05) is 13.2 Å². The van der Waals surface area contributed by atoms with Crippen molar-refractivity contribution >= 4 is 5.71 Å². The normalized spacial score (nSPS) is 25.4. The average molecular weight is 264 g/mol. The van der Waals surface area contributed by atoms with Crippen LogP contribution in [-0.2, 0) is 9.47 Å². The molecule has 1 fully saturated rings. The van der Waals surface area contributed by atoms with Gasteiger partial charge in [0.25, 0.3) is 0 Å². The zero-order valence-corrected chi connectivity index (χ0v) is 10.9. The van der Waals surface area contributed by atoms with Crippen molar-refractivity contribution in [3.8, 4) is 0 Å². The van der Waals surface area contributed by atoms with E-state index in [0.29, 0.717) is 10.5 Å². The lowest BCUT2D eigenvalue weighted by atomic mass is 9.93. The van der Waals surface area contributed by atoms with Crippen LogP contribution in [-0.4, -0.2) is 45.5 Å². The van der Waals surface area contributed by atoms with Gasteiger partial charge in [-0.2, -0.15) is 0 Å². The van der Waals surface area contributed by atoms with Crippen LogP contribution in [0.25, 0.3) is 0 Å². The van der Waals surface area contributed by atoms with Crippen LogP contribution in [0, 0.1) is 5.21 Å². The molecule has 0 amide bonds. The summed E-state index contributed by atoms with van der Waals surface area (Å²) in [7, 11) is 0. The van der Waals surface area contributed by atoms with Gasteiger partial charge in [0, 0.05) is 5.56 Å². The van der Waals surface area contributed by atoms with Gasteiger partial charge in [0.05, 0.1) is 13.2 Å². The first-order chi connectivity index (χ1) is 9.00. The summed E-state index contributed by atoms with van der Waals surface area (Å²) in [6.07, 6.45) is 0. The van der Waals surface area contributed by atoms with Gasteiger partial charge in [-0.3, -0.25) is 9.47 Å². The molecule has 0 atom stereocenters. The molecule has 6 nitrogen and oxygen atoms in total. The van der Waals surface area contributed by atoms with E-state index in [1.54, 1.807) is 13.8 Å². The molecule has 19 heavy (non-hydrogen) atoms. The number of benzene rings is 1. The van der Waals surface area contributed by atoms with Crippen molar-refractivity contribution in [1.29, 1.82) is 0 Å². The third-order valence-electron chi connectivity index (χ3n) is 3.55. The molecule has 1 spiro atoms. The van der Waals surface area contributed by atoms with Crippen LogP contribution in [0.1, 0.15) is 19.4 Å². The van der Waals surface area contributed by atoms with E-state index in [4.69, 9.17) is 9.47 Å². The van der Waals surface area contributed by atoms with Gasteiger partial charge in [-0.05, 0) is 26.0 Å². The quantitative estimate of drug-likeness (QED) is 0.608. The minimum absolute atomic E-state index is 0.272. The van der Waals surface area contributed by atoms with Crippen molar-refractivity contribution in [3.05, 3.63) is 41.1 Å². The maximum Gasteiger partial charge on any atom is 0.492 e. The van der Waals surface area contributed by atoms with Crippen molar-refractivity contribution in [2.24, 2.45) is 0 Å². The van der Waals surface area contributed by atoms with E-state index in [9.17, 15) is 10.4 Å². The molecule has 1 aromatic carbocycles. The molecule has 2 aliphatic heterocycles. The number of hydrogen-bond donors (Lipinski definition) is 1. The first-order valence-electron chi connectivity index (χ1n) is 6.17. The maximum atomic E-state index is 12.6. The van der Waals surface area contributed by atoms with Crippen LogP contribution >= 0.6 is 0 Å². The molecular weight excluding hydrogens is 248 g/mol. The first kappa shape index (κ1) is 12.6. The fraction of sp³-hybridized carbons (Fsp3) is 0.462. The molecule has 0 aliphatic carbocycles. The monoisotopic (exact) mass is 264 g/mol. The lowest BCUT2D eigenvalue weighted by Crippen LogP contribution is -2.55. The predicted octanol–water partition coefficient (Wildman–Crippen LogP) is 1.13. The Bertz CT molecular complexity index is 521. The van der Waals surface area contributed by atoms with Gasteiger partial charge >= 0.3 is 6.03 Å². The summed E-state index contributed by atoms with van der Waals surface area (Å²) >= 11 is 0. The van der Waals surface area contributed by atoms with Crippen LogP contribution in [0.15, 0.2) is 30.3 Å². The lowest BCUT2D eigenvalue weighted by Gasteiger charge is -2.29. The summed E-state index contributed by atoms with van der Waals surface area (Å²) in [6, 6.07) is 7.45. The van der Waals surface area contributed by atoms with Gasteiger partial charge in [-0.15, -0.1) is 4.74 Å². The minimum atomic E-state index is -1.76. The molecule has 2 aliphatic rings. The molecule has 0 unspecified atom stereocenters.